The number of hydrogen-bond donors (Lipinski definition) is 2. The molecule has 7 heteroatoms. The Kier molecular flexibility index (Phi) is 5.57. The molecule has 1 aromatic carbocycles. The van der Waals surface area contributed by atoms with Crippen molar-refractivity contribution >= 4 is 17.7 Å². The van der Waals surface area contributed by atoms with Gasteiger partial charge < -0.3 is 20.1 Å². The van der Waals surface area contributed by atoms with Crippen molar-refractivity contribution in [3.8, 4) is 5.75 Å². The van der Waals surface area contributed by atoms with E-state index in [1.165, 1.54) is 17.9 Å². The first-order valence-electron chi connectivity index (χ1n) is 7.58. The summed E-state index contributed by atoms with van der Waals surface area (Å²) in [4.78, 5) is 25.3. The van der Waals surface area contributed by atoms with Crippen LogP contribution in [0.15, 0.2) is 36.9 Å². The zero-order valence-corrected chi connectivity index (χ0v) is 13.5. The molecule has 1 heterocycles. The number of carbonyl (C=O) groups excluding carboxylic acids is 2. The van der Waals surface area contributed by atoms with Gasteiger partial charge in [0.05, 0.1) is 6.54 Å². The summed E-state index contributed by atoms with van der Waals surface area (Å²) in [6, 6.07) is 6.18. The number of benzene rings is 1. The second kappa shape index (κ2) is 7.63. The van der Waals surface area contributed by atoms with E-state index in [1.807, 2.05) is 0 Å². The number of likely N-dealkylation sites (tertiary alicyclic amines) is 1. The van der Waals surface area contributed by atoms with Crippen molar-refractivity contribution in [2.24, 2.45) is 5.73 Å². The van der Waals surface area contributed by atoms with Crippen molar-refractivity contribution in [2.45, 2.75) is 25.5 Å². The van der Waals surface area contributed by atoms with Gasteiger partial charge in [-0.3, -0.25) is 10.2 Å². The largest absolute Gasteiger partial charge is 0.488 e. The second-order valence-corrected chi connectivity index (χ2v) is 5.52. The van der Waals surface area contributed by atoms with E-state index < -0.39 is 12.0 Å². The van der Waals surface area contributed by atoms with Crippen LogP contribution in [0.2, 0.25) is 0 Å². The third-order valence-corrected chi connectivity index (χ3v) is 3.73. The highest BCUT2D eigenvalue weighted by Gasteiger charge is 2.40. The molecule has 0 saturated carbocycles. The van der Waals surface area contributed by atoms with Gasteiger partial charge in [0.15, 0.2) is 0 Å². The van der Waals surface area contributed by atoms with E-state index in [-0.39, 0.29) is 24.5 Å². The lowest BCUT2D eigenvalue weighted by molar-refractivity contribution is -0.151. The maximum Gasteiger partial charge on any atom is 0.329 e. The Balaban J connectivity index is 2.08. The third kappa shape index (κ3) is 4.13. The van der Waals surface area contributed by atoms with E-state index in [9.17, 15) is 9.59 Å². The molecule has 7 nitrogen and oxygen atoms in total. The van der Waals surface area contributed by atoms with Gasteiger partial charge in [-0.1, -0.05) is 24.8 Å². The molecule has 1 aromatic rings. The van der Waals surface area contributed by atoms with Gasteiger partial charge in [0.1, 0.15) is 30.3 Å². The van der Waals surface area contributed by atoms with E-state index >= 15 is 0 Å². The molecule has 0 bridgehead atoms. The van der Waals surface area contributed by atoms with Crippen molar-refractivity contribution in [1.82, 2.24) is 4.90 Å². The lowest BCUT2D eigenvalue weighted by Crippen LogP contribution is -2.40. The van der Waals surface area contributed by atoms with E-state index in [0.717, 1.165) is 0 Å². The van der Waals surface area contributed by atoms with Gasteiger partial charge in [-0.25, -0.2) is 4.79 Å². The minimum atomic E-state index is -0.663. The van der Waals surface area contributed by atoms with Crippen molar-refractivity contribution in [3.05, 3.63) is 42.5 Å². The van der Waals surface area contributed by atoms with Crippen LogP contribution in [-0.4, -0.2) is 47.9 Å². The third-order valence-electron chi connectivity index (χ3n) is 3.73. The molecule has 24 heavy (non-hydrogen) atoms. The Morgan fingerprint density at radius 1 is 1.50 bits per heavy atom. The Bertz CT molecular complexity index is 659. The number of amidine groups is 1. The van der Waals surface area contributed by atoms with Gasteiger partial charge in [0, 0.05) is 18.9 Å². The smallest absolute Gasteiger partial charge is 0.329 e. The number of nitrogen functional groups attached to an aromatic ring is 1. The van der Waals surface area contributed by atoms with Gasteiger partial charge in [0.25, 0.3) is 0 Å². The van der Waals surface area contributed by atoms with Crippen LogP contribution in [0.5, 0.6) is 5.75 Å². The van der Waals surface area contributed by atoms with Crippen LogP contribution in [0.3, 0.4) is 0 Å². The van der Waals surface area contributed by atoms with E-state index in [4.69, 9.17) is 20.6 Å². The monoisotopic (exact) mass is 331 g/mol. The van der Waals surface area contributed by atoms with Crippen LogP contribution >= 0.6 is 0 Å². The predicted molar refractivity (Wildman–Crippen MR) is 88.8 cm³/mol. The summed E-state index contributed by atoms with van der Waals surface area (Å²) >= 11 is 0. The molecule has 0 aliphatic carbocycles. The highest BCUT2D eigenvalue weighted by Crippen LogP contribution is 2.24. The van der Waals surface area contributed by atoms with Crippen LogP contribution in [0.1, 0.15) is 18.9 Å². The van der Waals surface area contributed by atoms with Gasteiger partial charge in [0.2, 0.25) is 5.91 Å². The Hall–Kier alpha value is -2.83. The summed E-state index contributed by atoms with van der Waals surface area (Å²) in [6.45, 7) is 5.31. The average Bonchev–Trinajstić information content (AvgIpc) is 2.97. The molecule has 0 spiro atoms. The first-order chi connectivity index (χ1) is 11.4. The average molecular weight is 331 g/mol. The Morgan fingerprint density at radius 2 is 2.25 bits per heavy atom. The maximum atomic E-state index is 12.1. The number of amides is 1. The molecule has 1 fully saturated rings. The minimum absolute atomic E-state index is 0.0527. The molecular weight excluding hydrogens is 310 g/mol. The normalized spacial score (nSPS) is 19.6. The summed E-state index contributed by atoms with van der Waals surface area (Å²) in [7, 11) is 0. The van der Waals surface area contributed by atoms with Gasteiger partial charge in [-0.15, -0.1) is 0 Å². The Labute approximate surface area is 140 Å². The molecule has 1 saturated heterocycles. The number of nitrogens with one attached hydrogen (secondary N) is 1. The number of hydrogen-bond acceptors (Lipinski definition) is 5. The zero-order valence-electron chi connectivity index (χ0n) is 13.5. The van der Waals surface area contributed by atoms with Gasteiger partial charge in [-0.05, 0) is 12.1 Å². The molecule has 1 amide bonds. The number of nitrogens with zero attached hydrogens (tertiary/aromatic N) is 1. The Morgan fingerprint density at radius 3 is 2.88 bits per heavy atom. The summed E-state index contributed by atoms with van der Waals surface area (Å²) in [5.41, 5.74) is 6.02. The number of rotatable bonds is 6. The molecule has 0 unspecified atom stereocenters. The van der Waals surface area contributed by atoms with E-state index in [0.29, 0.717) is 24.3 Å². The number of esters is 1. The van der Waals surface area contributed by atoms with E-state index in [1.54, 1.807) is 24.3 Å². The molecule has 2 rings (SSSR count). The molecule has 1 aliphatic rings. The number of ether oxygens (including phenoxy) is 2. The highest BCUT2D eigenvalue weighted by atomic mass is 16.5. The van der Waals surface area contributed by atoms with Gasteiger partial charge >= 0.3 is 5.97 Å². The fraction of sp³-hybridized carbons (Fsp3) is 0.353. The molecular formula is C17H21N3O4. The SMILES string of the molecule is C=CCOC(=O)[C@@H]1C[C@@H](Oc2cccc(C(=N)N)c2)CN1C(C)=O. The quantitative estimate of drug-likeness (QED) is 0.351. The van der Waals surface area contributed by atoms with Crippen molar-refractivity contribution in [3.63, 3.8) is 0 Å². The maximum absolute atomic E-state index is 12.1. The fourth-order valence-electron chi connectivity index (χ4n) is 2.62. The lowest BCUT2D eigenvalue weighted by atomic mass is 10.2. The second-order valence-electron chi connectivity index (χ2n) is 5.52. The molecule has 0 aromatic heterocycles. The van der Waals surface area contributed by atoms with Crippen LogP contribution in [0.25, 0.3) is 0 Å². The van der Waals surface area contributed by atoms with Crippen LogP contribution in [0, 0.1) is 5.41 Å². The fourth-order valence-corrected chi connectivity index (χ4v) is 2.62. The highest BCUT2D eigenvalue weighted by molar-refractivity contribution is 5.95. The number of nitrogens with two attached hydrogens (primary N) is 1. The first-order valence-corrected chi connectivity index (χ1v) is 7.58. The minimum Gasteiger partial charge on any atom is -0.488 e. The van der Waals surface area contributed by atoms with Crippen molar-refractivity contribution < 1.29 is 19.1 Å². The predicted octanol–water partition coefficient (Wildman–Crippen LogP) is 1.07. The molecule has 3 N–H and O–H groups in total. The van der Waals surface area contributed by atoms with E-state index in [2.05, 4.69) is 6.58 Å². The van der Waals surface area contributed by atoms with Crippen LogP contribution in [0.4, 0.5) is 0 Å². The summed E-state index contributed by atoms with van der Waals surface area (Å²) in [5, 5.41) is 7.46. The lowest BCUT2D eigenvalue weighted by Gasteiger charge is -2.20. The van der Waals surface area contributed by atoms with Gasteiger partial charge in [-0.2, -0.15) is 0 Å². The molecule has 1 aliphatic heterocycles. The molecule has 2 atom stereocenters. The summed E-state index contributed by atoms with van der Waals surface area (Å²) in [6.07, 6.45) is 1.49. The van der Waals surface area contributed by atoms with Crippen molar-refractivity contribution in [1.29, 1.82) is 5.41 Å². The molecule has 0 radical (unpaired) electrons. The standard InChI is InChI=1S/C17H21N3O4/c1-3-7-23-17(22)15-9-14(10-20(15)11(2)21)24-13-6-4-5-12(8-13)16(18)19/h3-6,8,14-15H,1,7,9-10H2,2H3,(H3,18,19)/t14-,15+/m1/s1. The summed E-state index contributed by atoms with van der Waals surface area (Å²) in [5.74, 6) is -0.188. The van der Waals surface area contributed by atoms with Crippen molar-refractivity contribution in [2.75, 3.05) is 13.2 Å². The zero-order chi connectivity index (χ0) is 17.7. The summed E-state index contributed by atoms with van der Waals surface area (Å²) < 4.78 is 10.9. The first kappa shape index (κ1) is 17.5. The van der Waals surface area contributed by atoms with Crippen LogP contribution in [-0.2, 0) is 14.3 Å². The molecule has 128 valence electrons. The van der Waals surface area contributed by atoms with Crippen LogP contribution < -0.4 is 10.5 Å². The topological polar surface area (TPSA) is 106 Å². The number of carbonyl (C=O) groups is 2.